The third kappa shape index (κ3) is 4.92. The van der Waals surface area contributed by atoms with Crippen LogP contribution in [0.15, 0.2) is 0 Å². The predicted molar refractivity (Wildman–Crippen MR) is 72.6 cm³/mol. The maximum Gasteiger partial charge on any atom is 0.236 e. The number of rotatable bonds is 7. The quantitative estimate of drug-likeness (QED) is 0.634. The Labute approximate surface area is 110 Å². The van der Waals surface area contributed by atoms with E-state index in [2.05, 4.69) is 15.5 Å². The topological polar surface area (TPSA) is 53.6 Å². The van der Waals surface area contributed by atoms with Gasteiger partial charge < -0.3 is 15.4 Å². The van der Waals surface area contributed by atoms with Crippen molar-refractivity contribution in [2.45, 2.75) is 25.8 Å². The summed E-state index contributed by atoms with van der Waals surface area (Å²) < 4.78 is 5.00. The molecule has 1 atom stereocenters. The standard InChI is InChI=1S/C13H27N3O2/c1-11(13(17)14-2)16-7-4-12(5-8-16)10-15-6-9-18-3/h11-12,15H,4-10H2,1-3H3,(H,14,17). The van der Waals surface area contributed by atoms with E-state index in [-0.39, 0.29) is 11.9 Å². The summed E-state index contributed by atoms with van der Waals surface area (Å²) >= 11 is 0. The Morgan fingerprint density at radius 2 is 2.11 bits per heavy atom. The highest BCUT2D eigenvalue weighted by atomic mass is 16.5. The first kappa shape index (κ1) is 15.4. The zero-order chi connectivity index (χ0) is 13.4. The number of carbonyl (C=O) groups is 1. The fourth-order valence-electron chi connectivity index (χ4n) is 2.40. The van der Waals surface area contributed by atoms with Crippen molar-refractivity contribution in [3.8, 4) is 0 Å². The molecule has 1 unspecified atom stereocenters. The summed E-state index contributed by atoms with van der Waals surface area (Å²) in [5.41, 5.74) is 0. The van der Waals surface area contributed by atoms with Gasteiger partial charge in [-0.25, -0.2) is 0 Å². The SMILES string of the molecule is CNC(=O)C(C)N1CCC(CNCCOC)CC1. The number of ether oxygens (including phenoxy) is 1. The molecule has 18 heavy (non-hydrogen) atoms. The van der Waals surface area contributed by atoms with Crippen LogP contribution in [0.25, 0.3) is 0 Å². The fraction of sp³-hybridized carbons (Fsp3) is 0.923. The second-order valence-corrected chi connectivity index (χ2v) is 4.97. The molecule has 0 aliphatic carbocycles. The monoisotopic (exact) mass is 257 g/mol. The molecular formula is C13H27N3O2. The van der Waals surface area contributed by atoms with Crippen LogP contribution in [0.1, 0.15) is 19.8 Å². The van der Waals surface area contributed by atoms with E-state index in [1.54, 1.807) is 14.2 Å². The van der Waals surface area contributed by atoms with Crippen LogP contribution in [-0.4, -0.2) is 63.8 Å². The minimum absolute atomic E-state index is 0.00241. The van der Waals surface area contributed by atoms with Crippen molar-refractivity contribution in [3.63, 3.8) is 0 Å². The fourth-order valence-corrected chi connectivity index (χ4v) is 2.40. The van der Waals surface area contributed by atoms with Gasteiger partial charge >= 0.3 is 0 Å². The molecule has 1 rings (SSSR count). The number of nitrogens with one attached hydrogen (secondary N) is 2. The lowest BCUT2D eigenvalue weighted by atomic mass is 9.95. The highest BCUT2D eigenvalue weighted by molar-refractivity contribution is 5.80. The van der Waals surface area contributed by atoms with Gasteiger partial charge in [0.05, 0.1) is 12.6 Å². The lowest BCUT2D eigenvalue weighted by molar-refractivity contribution is -0.125. The molecule has 1 aliphatic heterocycles. The zero-order valence-corrected chi connectivity index (χ0v) is 11.9. The van der Waals surface area contributed by atoms with Crippen LogP contribution in [-0.2, 0) is 9.53 Å². The molecule has 106 valence electrons. The zero-order valence-electron chi connectivity index (χ0n) is 11.9. The van der Waals surface area contributed by atoms with Gasteiger partial charge in [0.15, 0.2) is 0 Å². The van der Waals surface area contributed by atoms with Gasteiger partial charge in [-0.05, 0) is 45.3 Å². The van der Waals surface area contributed by atoms with Gasteiger partial charge in [-0.3, -0.25) is 9.69 Å². The Morgan fingerprint density at radius 3 is 2.67 bits per heavy atom. The Bertz CT molecular complexity index is 240. The molecule has 0 bridgehead atoms. The van der Waals surface area contributed by atoms with Crippen molar-refractivity contribution in [2.75, 3.05) is 46.9 Å². The largest absolute Gasteiger partial charge is 0.383 e. The average molecular weight is 257 g/mol. The van der Waals surface area contributed by atoms with Gasteiger partial charge in [-0.1, -0.05) is 0 Å². The minimum Gasteiger partial charge on any atom is -0.383 e. The van der Waals surface area contributed by atoms with E-state index in [9.17, 15) is 4.79 Å². The van der Waals surface area contributed by atoms with Crippen LogP contribution in [0.4, 0.5) is 0 Å². The first-order chi connectivity index (χ1) is 8.69. The van der Waals surface area contributed by atoms with Crippen LogP contribution >= 0.6 is 0 Å². The van der Waals surface area contributed by atoms with Crippen molar-refractivity contribution < 1.29 is 9.53 Å². The molecule has 0 aromatic heterocycles. The summed E-state index contributed by atoms with van der Waals surface area (Å²) in [6, 6.07) is -0.00241. The number of nitrogens with zero attached hydrogens (tertiary/aromatic N) is 1. The van der Waals surface area contributed by atoms with E-state index in [0.717, 1.165) is 38.7 Å². The molecule has 5 heteroatoms. The van der Waals surface area contributed by atoms with Crippen LogP contribution in [0.5, 0.6) is 0 Å². The van der Waals surface area contributed by atoms with Crippen molar-refractivity contribution in [3.05, 3.63) is 0 Å². The molecule has 0 saturated carbocycles. The molecule has 1 fully saturated rings. The predicted octanol–water partition coefficient (Wildman–Crippen LogP) is 0.0689. The van der Waals surface area contributed by atoms with Crippen molar-refractivity contribution in [1.82, 2.24) is 15.5 Å². The normalized spacial score (nSPS) is 19.7. The van der Waals surface area contributed by atoms with Crippen LogP contribution < -0.4 is 10.6 Å². The number of piperidine rings is 1. The van der Waals surface area contributed by atoms with Crippen LogP contribution in [0.3, 0.4) is 0 Å². The molecule has 0 aromatic carbocycles. The van der Waals surface area contributed by atoms with E-state index in [1.165, 1.54) is 12.8 Å². The van der Waals surface area contributed by atoms with E-state index in [0.29, 0.717) is 0 Å². The van der Waals surface area contributed by atoms with Crippen LogP contribution in [0, 0.1) is 5.92 Å². The van der Waals surface area contributed by atoms with Gasteiger partial charge in [0, 0.05) is 20.7 Å². The second kappa shape index (κ2) is 8.45. The molecule has 1 amide bonds. The smallest absolute Gasteiger partial charge is 0.236 e. The van der Waals surface area contributed by atoms with E-state index in [1.807, 2.05) is 6.92 Å². The number of hydrogen-bond donors (Lipinski definition) is 2. The average Bonchev–Trinajstić information content (AvgIpc) is 2.42. The molecule has 0 radical (unpaired) electrons. The molecule has 0 spiro atoms. The molecule has 1 aliphatic rings. The van der Waals surface area contributed by atoms with E-state index >= 15 is 0 Å². The van der Waals surface area contributed by atoms with Crippen molar-refractivity contribution in [1.29, 1.82) is 0 Å². The summed E-state index contributed by atoms with van der Waals surface area (Å²) in [7, 11) is 3.42. The van der Waals surface area contributed by atoms with Gasteiger partial charge in [0.25, 0.3) is 0 Å². The third-order valence-electron chi connectivity index (χ3n) is 3.74. The second-order valence-electron chi connectivity index (χ2n) is 4.97. The Kier molecular flexibility index (Phi) is 7.23. The first-order valence-electron chi connectivity index (χ1n) is 6.84. The number of hydrogen-bond acceptors (Lipinski definition) is 4. The highest BCUT2D eigenvalue weighted by Gasteiger charge is 2.25. The van der Waals surface area contributed by atoms with E-state index < -0.39 is 0 Å². The molecule has 1 heterocycles. The lowest BCUT2D eigenvalue weighted by Gasteiger charge is -2.35. The maximum absolute atomic E-state index is 11.6. The van der Waals surface area contributed by atoms with Gasteiger partial charge in [-0.2, -0.15) is 0 Å². The highest BCUT2D eigenvalue weighted by Crippen LogP contribution is 2.18. The molecule has 1 saturated heterocycles. The van der Waals surface area contributed by atoms with Crippen LogP contribution in [0.2, 0.25) is 0 Å². The molecular weight excluding hydrogens is 230 g/mol. The number of methoxy groups -OCH3 is 1. The van der Waals surface area contributed by atoms with Crippen molar-refractivity contribution >= 4 is 5.91 Å². The summed E-state index contributed by atoms with van der Waals surface area (Å²) in [6.07, 6.45) is 2.34. The third-order valence-corrected chi connectivity index (χ3v) is 3.74. The summed E-state index contributed by atoms with van der Waals surface area (Å²) in [5, 5.41) is 6.13. The Morgan fingerprint density at radius 1 is 1.44 bits per heavy atom. The molecule has 2 N–H and O–H groups in total. The first-order valence-corrected chi connectivity index (χ1v) is 6.84. The molecule has 5 nitrogen and oxygen atoms in total. The lowest BCUT2D eigenvalue weighted by Crippen LogP contribution is -2.48. The number of carbonyl (C=O) groups excluding carboxylic acids is 1. The van der Waals surface area contributed by atoms with Crippen molar-refractivity contribution in [2.24, 2.45) is 5.92 Å². The van der Waals surface area contributed by atoms with Gasteiger partial charge in [0.2, 0.25) is 5.91 Å². The Hall–Kier alpha value is -0.650. The number of likely N-dealkylation sites (N-methyl/N-ethyl adjacent to an activating group) is 1. The molecule has 0 aromatic rings. The minimum atomic E-state index is -0.00241. The van der Waals surface area contributed by atoms with Gasteiger partial charge in [0.1, 0.15) is 0 Å². The maximum atomic E-state index is 11.6. The summed E-state index contributed by atoms with van der Waals surface area (Å²) in [5.74, 6) is 0.849. The Balaban J connectivity index is 2.18. The van der Waals surface area contributed by atoms with Gasteiger partial charge in [-0.15, -0.1) is 0 Å². The summed E-state index contributed by atoms with van der Waals surface area (Å²) in [6.45, 7) is 6.77. The summed E-state index contributed by atoms with van der Waals surface area (Å²) in [4.78, 5) is 13.8. The number of amides is 1. The van der Waals surface area contributed by atoms with E-state index in [4.69, 9.17) is 4.74 Å². The number of likely N-dealkylation sites (tertiary alicyclic amines) is 1.